The Morgan fingerprint density at radius 1 is 1.06 bits per heavy atom. The first-order valence-electron chi connectivity index (χ1n) is 16.0. The van der Waals surface area contributed by atoms with Crippen molar-refractivity contribution in [3.05, 3.63) is 75.7 Å². The Morgan fingerprint density at radius 2 is 1.85 bits per heavy atom. The van der Waals surface area contributed by atoms with Crippen LogP contribution in [0.25, 0.3) is 22.2 Å². The molecular weight excluding hydrogens is 630 g/mol. The van der Waals surface area contributed by atoms with E-state index < -0.39 is 12.1 Å². The fourth-order valence-electron chi connectivity index (χ4n) is 6.23. The lowest BCUT2D eigenvalue weighted by Gasteiger charge is -2.19. The number of imidazole rings is 1. The van der Waals surface area contributed by atoms with Gasteiger partial charge in [-0.2, -0.15) is 11.8 Å². The second kappa shape index (κ2) is 15.9. The minimum atomic E-state index is -0.629. The number of aryl methyl sites for hydroxylation is 2. The summed E-state index contributed by atoms with van der Waals surface area (Å²) in [6.07, 6.45) is 5.06. The number of amides is 2. The maximum Gasteiger partial charge on any atom is 0.242 e. The summed E-state index contributed by atoms with van der Waals surface area (Å²) >= 11 is 1.63. The van der Waals surface area contributed by atoms with Crippen LogP contribution in [0.2, 0.25) is 0 Å². The third kappa shape index (κ3) is 7.70. The molecule has 3 aromatic carbocycles. The smallest absolute Gasteiger partial charge is 0.242 e. The summed E-state index contributed by atoms with van der Waals surface area (Å²) < 4.78 is 17.2. The van der Waals surface area contributed by atoms with Crippen LogP contribution in [0.4, 0.5) is 5.69 Å². The molecule has 1 heterocycles. The highest BCUT2D eigenvalue weighted by atomic mass is 32.2. The number of anilines is 1. The number of carbonyl (C=O) groups excluding carboxylic acids is 2. The number of nitrogens with zero attached hydrogens (tertiary/aromatic N) is 1. The van der Waals surface area contributed by atoms with E-state index in [2.05, 4.69) is 25.9 Å². The number of thioether (sulfide) groups is 1. The number of aromatic nitrogens is 2. The van der Waals surface area contributed by atoms with Gasteiger partial charge < -0.3 is 35.1 Å². The fraction of sp³-hybridized carbons (Fsp3) is 0.389. The predicted octanol–water partition coefficient (Wildman–Crippen LogP) is 5.02. The van der Waals surface area contributed by atoms with E-state index in [-0.39, 0.29) is 22.9 Å². The van der Waals surface area contributed by atoms with Crippen molar-refractivity contribution in [2.45, 2.75) is 51.1 Å². The summed E-state index contributed by atoms with van der Waals surface area (Å²) in [6, 6.07) is 13.8. The summed E-state index contributed by atoms with van der Waals surface area (Å²) in [5, 5.41) is 9.32. The Morgan fingerprint density at radius 3 is 2.56 bits per heavy atom. The van der Waals surface area contributed by atoms with Gasteiger partial charge in [0.05, 0.1) is 44.1 Å². The number of hydrogen-bond acceptors (Lipinski definition) is 9. The summed E-state index contributed by atoms with van der Waals surface area (Å²) in [7, 11) is 4.68. The molecule has 1 aromatic heterocycles. The summed E-state index contributed by atoms with van der Waals surface area (Å²) in [5.41, 5.74) is 4.98. The number of H-pyrrole nitrogens is 1. The van der Waals surface area contributed by atoms with Gasteiger partial charge in [0.1, 0.15) is 11.9 Å². The zero-order chi connectivity index (χ0) is 34.2. The van der Waals surface area contributed by atoms with E-state index in [4.69, 9.17) is 14.2 Å². The summed E-state index contributed by atoms with van der Waals surface area (Å²) in [6.45, 7) is 1.93. The first kappa shape index (κ1) is 34.6. The lowest BCUT2D eigenvalue weighted by molar-refractivity contribution is -0.122. The molecule has 254 valence electrons. The second-order valence-corrected chi connectivity index (χ2v) is 12.7. The highest BCUT2D eigenvalue weighted by Gasteiger charge is 2.30. The van der Waals surface area contributed by atoms with Crippen LogP contribution >= 0.6 is 11.8 Å². The average molecular weight is 674 g/mol. The van der Waals surface area contributed by atoms with Crippen molar-refractivity contribution >= 4 is 40.3 Å². The lowest BCUT2D eigenvalue weighted by atomic mass is 9.95. The molecule has 11 nitrogen and oxygen atoms in total. The Labute approximate surface area is 284 Å². The number of fused-ring (bicyclic) bond motifs is 4. The SMILES string of the molecule is COc1cc2c(c(OC)c1OC)-c1ccc(N[C@@H](CCSC)C(=O)NCCCc3nc4ccccc4[nH]3)c(=O)cc1[C@@H](NC(C)=O)CC2. The van der Waals surface area contributed by atoms with E-state index in [1.54, 1.807) is 45.2 Å². The fourth-order valence-corrected chi connectivity index (χ4v) is 6.71. The van der Waals surface area contributed by atoms with Crippen molar-refractivity contribution in [1.82, 2.24) is 20.6 Å². The first-order valence-corrected chi connectivity index (χ1v) is 17.4. The number of benzene rings is 2. The average Bonchev–Trinajstić information content (AvgIpc) is 3.36. The topological polar surface area (TPSA) is 144 Å². The van der Waals surface area contributed by atoms with Gasteiger partial charge in [-0.15, -0.1) is 0 Å². The third-order valence-corrected chi connectivity index (χ3v) is 9.14. The summed E-state index contributed by atoms with van der Waals surface area (Å²) in [5.74, 6) is 2.66. The van der Waals surface area contributed by atoms with Gasteiger partial charge >= 0.3 is 0 Å². The molecule has 0 bridgehead atoms. The lowest BCUT2D eigenvalue weighted by Crippen LogP contribution is -2.41. The molecule has 0 radical (unpaired) electrons. The molecule has 0 spiro atoms. The molecule has 0 unspecified atom stereocenters. The van der Waals surface area contributed by atoms with E-state index in [0.29, 0.717) is 61.5 Å². The molecule has 0 saturated carbocycles. The van der Waals surface area contributed by atoms with Crippen LogP contribution in [0.1, 0.15) is 49.2 Å². The van der Waals surface area contributed by atoms with Crippen molar-refractivity contribution in [1.29, 1.82) is 0 Å². The van der Waals surface area contributed by atoms with Crippen LogP contribution in [-0.4, -0.2) is 67.7 Å². The van der Waals surface area contributed by atoms with Crippen LogP contribution in [0, 0.1) is 0 Å². The van der Waals surface area contributed by atoms with Crippen molar-refractivity contribution in [2.24, 2.45) is 0 Å². The first-order chi connectivity index (χ1) is 23.3. The van der Waals surface area contributed by atoms with Gasteiger partial charge in [0, 0.05) is 25.5 Å². The third-order valence-electron chi connectivity index (χ3n) is 8.50. The highest BCUT2D eigenvalue weighted by molar-refractivity contribution is 7.98. The Balaban J connectivity index is 1.43. The van der Waals surface area contributed by atoms with Crippen LogP contribution in [0.3, 0.4) is 0 Å². The van der Waals surface area contributed by atoms with Crippen LogP contribution in [-0.2, 0) is 22.4 Å². The van der Waals surface area contributed by atoms with Gasteiger partial charge in [-0.1, -0.05) is 18.2 Å². The van der Waals surface area contributed by atoms with Gasteiger partial charge in [-0.3, -0.25) is 14.4 Å². The van der Waals surface area contributed by atoms with Gasteiger partial charge in [-0.05, 0) is 84.7 Å². The largest absolute Gasteiger partial charge is 0.493 e. The summed E-state index contributed by atoms with van der Waals surface area (Å²) in [4.78, 5) is 47.5. The van der Waals surface area contributed by atoms with E-state index >= 15 is 0 Å². The van der Waals surface area contributed by atoms with Crippen molar-refractivity contribution in [3.63, 3.8) is 0 Å². The standard InChI is InChI=1S/C36H43N5O6S/c1-21(42)38-25-14-12-22-19-31(45-2)34(46-3)35(47-4)33(22)23-13-15-28(30(43)20-24(23)25)39-29(16-18-48-5)36(44)37-17-8-11-32-40-26-9-6-7-10-27(26)41-32/h6-7,9-10,13,15,19-20,25,29H,8,11-12,14,16-18H2,1-5H3,(H,37,44)(H,38,42)(H,39,43)(H,40,41)/t25-,29-/m0/s1. The number of methoxy groups -OCH3 is 3. The van der Waals surface area contributed by atoms with Gasteiger partial charge in [0.25, 0.3) is 0 Å². The van der Waals surface area contributed by atoms with Gasteiger partial charge in [0.15, 0.2) is 11.5 Å². The minimum Gasteiger partial charge on any atom is -0.493 e. The van der Waals surface area contributed by atoms with Crippen LogP contribution < -0.4 is 35.6 Å². The molecule has 5 rings (SSSR count). The second-order valence-electron chi connectivity index (χ2n) is 11.7. The number of carbonyl (C=O) groups is 2. The van der Waals surface area contributed by atoms with Crippen LogP contribution in [0.5, 0.6) is 17.2 Å². The van der Waals surface area contributed by atoms with Gasteiger partial charge in [-0.25, -0.2) is 4.98 Å². The maximum absolute atomic E-state index is 13.8. The predicted molar refractivity (Wildman–Crippen MR) is 191 cm³/mol. The van der Waals surface area contributed by atoms with Gasteiger partial charge in [0.2, 0.25) is 23.0 Å². The molecule has 1 aliphatic rings. The van der Waals surface area contributed by atoms with E-state index in [1.165, 1.54) is 6.92 Å². The Bertz CT molecular complexity index is 1810. The number of rotatable bonds is 14. The zero-order valence-corrected chi connectivity index (χ0v) is 28.8. The minimum absolute atomic E-state index is 0.180. The van der Waals surface area contributed by atoms with E-state index in [1.807, 2.05) is 42.7 Å². The van der Waals surface area contributed by atoms with E-state index in [0.717, 1.165) is 39.3 Å². The molecule has 48 heavy (non-hydrogen) atoms. The molecule has 12 heteroatoms. The quantitative estimate of drug-likeness (QED) is 0.136. The number of hydrogen-bond donors (Lipinski definition) is 4. The molecule has 0 aliphatic heterocycles. The molecule has 0 saturated heterocycles. The monoisotopic (exact) mass is 673 g/mol. The van der Waals surface area contributed by atoms with Crippen LogP contribution in [0.15, 0.2) is 53.3 Å². The number of nitrogens with one attached hydrogen (secondary N) is 4. The number of aromatic amines is 1. The van der Waals surface area contributed by atoms with Crippen molar-refractivity contribution < 1.29 is 23.8 Å². The number of ether oxygens (including phenoxy) is 3. The van der Waals surface area contributed by atoms with Crippen molar-refractivity contribution in [3.8, 4) is 28.4 Å². The highest BCUT2D eigenvalue weighted by Crippen LogP contribution is 2.50. The molecule has 4 aromatic rings. The number of para-hydroxylation sites is 2. The molecule has 4 N–H and O–H groups in total. The maximum atomic E-state index is 13.8. The van der Waals surface area contributed by atoms with E-state index in [9.17, 15) is 14.4 Å². The molecule has 2 amide bonds. The Hall–Kier alpha value is -4.71. The molecule has 2 atom stereocenters. The molecule has 0 fully saturated rings. The Kier molecular flexibility index (Phi) is 11.5. The normalized spacial score (nSPS) is 14.2. The van der Waals surface area contributed by atoms with Crippen molar-refractivity contribution in [2.75, 3.05) is 45.2 Å². The zero-order valence-electron chi connectivity index (χ0n) is 28.0. The molecule has 1 aliphatic carbocycles. The molecular formula is C36H43N5O6S.